The summed E-state index contributed by atoms with van der Waals surface area (Å²) in [5.41, 5.74) is 11.5. The van der Waals surface area contributed by atoms with Crippen LogP contribution in [0.2, 0.25) is 0 Å². The third-order valence-electron chi connectivity index (χ3n) is 1.71. The summed E-state index contributed by atoms with van der Waals surface area (Å²) in [6, 6.07) is 4.29. The summed E-state index contributed by atoms with van der Waals surface area (Å²) in [4.78, 5) is 11.3. The average molecular weight is 261 g/mol. The summed E-state index contributed by atoms with van der Waals surface area (Å²) in [6.07, 6.45) is 0.244. The zero-order valence-corrected chi connectivity index (χ0v) is 9.28. The first-order chi connectivity index (χ1) is 6.15. The van der Waals surface area contributed by atoms with Crippen LogP contribution in [0.1, 0.15) is 16.8 Å². The van der Waals surface area contributed by atoms with E-state index in [4.69, 9.17) is 16.6 Å². The Morgan fingerprint density at radius 2 is 2.07 bits per heavy atom. The second-order valence-corrected chi connectivity index (χ2v) is 2.73. The minimum atomic E-state index is -0.143. The zero-order valence-electron chi connectivity index (χ0n) is 7.56. The van der Waals surface area contributed by atoms with E-state index < -0.39 is 0 Å². The number of aromatic hydroxyl groups is 1. The molecule has 1 aromatic rings. The van der Waals surface area contributed by atoms with Gasteiger partial charge in [-0.2, -0.15) is 0 Å². The number of benzene rings is 1. The van der Waals surface area contributed by atoms with Crippen molar-refractivity contribution in [1.82, 2.24) is 0 Å². The van der Waals surface area contributed by atoms with Crippen molar-refractivity contribution >= 4 is 28.5 Å². The van der Waals surface area contributed by atoms with Crippen LogP contribution in [-0.4, -0.2) is 17.4 Å². The number of Topliss-reactive ketones (excluding diaryl/α,β-unsaturated/α-hetero) is 1. The van der Waals surface area contributed by atoms with E-state index in [9.17, 15) is 4.79 Å². The Kier molecular flexibility index (Phi) is 5.19. The van der Waals surface area contributed by atoms with Gasteiger partial charge in [0.05, 0.1) is 0 Å². The van der Waals surface area contributed by atoms with Crippen molar-refractivity contribution in [3.05, 3.63) is 23.8 Å². The number of nitrogen functional groups attached to an aromatic ring is 1. The molecule has 0 spiro atoms. The predicted octanol–water partition coefficient (Wildman–Crippen LogP) is 1.08. The fourth-order valence-corrected chi connectivity index (χ4v) is 1.05. The Balaban J connectivity index is 0.00000169. The number of hydrogen-bond donors (Lipinski definition) is 3. The molecular weight excluding hydrogens is 248 g/mol. The third-order valence-corrected chi connectivity index (χ3v) is 1.71. The molecular formula is C9H13BrN2O2. The molecule has 0 unspecified atom stereocenters. The van der Waals surface area contributed by atoms with Gasteiger partial charge in [-0.05, 0) is 24.7 Å². The molecule has 1 aromatic carbocycles. The van der Waals surface area contributed by atoms with E-state index in [0.717, 1.165) is 0 Å². The first-order valence-corrected chi connectivity index (χ1v) is 3.97. The van der Waals surface area contributed by atoms with Crippen molar-refractivity contribution in [2.75, 3.05) is 12.3 Å². The number of nitrogens with two attached hydrogens (primary N) is 2. The molecule has 0 atom stereocenters. The molecule has 78 valence electrons. The van der Waals surface area contributed by atoms with Gasteiger partial charge in [-0.3, -0.25) is 4.79 Å². The second-order valence-electron chi connectivity index (χ2n) is 2.73. The predicted molar refractivity (Wildman–Crippen MR) is 60.8 cm³/mol. The fraction of sp³-hybridized carbons (Fsp3) is 0.222. The summed E-state index contributed by atoms with van der Waals surface area (Å²) in [7, 11) is 0. The maximum absolute atomic E-state index is 11.3. The van der Waals surface area contributed by atoms with Crippen LogP contribution in [0.15, 0.2) is 18.2 Å². The minimum absolute atomic E-state index is 0. The van der Waals surface area contributed by atoms with Gasteiger partial charge in [-0.15, -0.1) is 17.0 Å². The van der Waals surface area contributed by atoms with Gasteiger partial charge < -0.3 is 16.6 Å². The molecule has 0 bridgehead atoms. The maximum atomic E-state index is 11.3. The van der Waals surface area contributed by atoms with Crippen molar-refractivity contribution in [3.63, 3.8) is 0 Å². The number of anilines is 1. The molecule has 0 fully saturated rings. The number of hydrogen-bond acceptors (Lipinski definition) is 4. The van der Waals surface area contributed by atoms with Gasteiger partial charge in [-0.1, -0.05) is 0 Å². The van der Waals surface area contributed by atoms with E-state index in [2.05, 4.69) is 0 Å². The van der Waals surface area contributed by atoms with Gasteiger partial charge in [0.2, 0.25) is 0 Å². The standard InChI is InChI=1S/C9H12N2O2.BrH/c10-4-3-9(13)7-5-6(12)1-2-8(7)11;/h1-2,5,12H,3-4,10-11H2;1H. The molecule has 0 aromatic heterocycles. The number of ketones is 1. The molecule has 1 rings (SSSR count). The molecule has 5 N–H and O–H groups in total. The normalized spacial score (nSPS) is 9.21. The summed E-state index contributed by atoms with van der Waals surface area (Å²) in [6.45, 7) is 0.286. The highest BCUT2D eigenvalue weighted by Crippen LogP contribution is 2.19. The van der Waals surface area contributed by atoms with Crippen LogP contribution in [0.5, 0.6) is 5.75 Å². The molecule has 0 heterocycles. The van der Waals surface area contributed by atoms with Crippen LogP contribution in [0, 0.1) is 0 Å². The first kappa shape index (κ1) is 12.9. The van der Waals surface area contributed by atoms with E-state index >= 15 is 0 Å². The highest BCUT2D eigenvalue weighted by molar-refractivity contribution is 8.93. The summed E-state index contributed by atoms with van der Waals surface area (Å²) < 4.78 is 0. The Morgan fingerprint density at radius 1 is 1.43 bits per heavy atom. The third kappa shape index (κ3) is 3.01. The van der Waals surface area contributed by atoms with Crippen LogP contribution < -0.4 is 11.5 Å². The Bertz CT molecular complexity index is 329. The van der Waals surface area contributed by atoms with Crippen LogP contribution in [0.25, 0.3) is 0 Å². The lowest BCUT2D eigenvalue weighted by molar-refractivity contribution is 0.0986. The van der Waals surface area contributed by atoms with Crippen molar-refractivity contribution in [3.8, 4) is 5.75 Å². The lowest BCUT2D eigenvalue weighted by atomic mass is 10.1. The number of rotatable bonds is 3. The Hall–Kier alpha value is -1.07. The molecule has 0 saturated heterocycles. The molecule has 0 saturated carbocycles. The zero-order chi connectivity index (χ0) is 9.84. The van der Waals surface area contributed by atoms with Crippen molar-refractivity contribution in [1.29, 1.82) is 0 Å². The molecule has 0 aliphatic rings. The van der Waals surface area contributed by atoms with E-state index in [-0.39, 0.29) is 41.5 Å². The summed E-state index contributed by atoms with van der Waals surface area (Å²) in [5.74, 6) is -0.106. The number of carbonyl (C=O) groups is 1. The van der Waals surface area contributed by atoms with Crippen LogP contribution in [0.3, 0.4) is 0 Å². The lowest BCUT2D eigenvalue weighted by Crippen LogP contribution is -2.09. The largest absolute Gasteiger partial charge is 0.508 e. The average Bonchev–Trinajstić information content (AvgIpc) is 2.09. The molecule has 0 radical (unpaired) electrons. The van der Waals surface area contributed by atoms with Crippen LogP contribution >= 0.6 is 17.0 Å². The smallest absolute Gasteiger partial charge is 0.166 e. The monoisotopic (exact) mass is 260 g/mol. The topological polar surface area (TPSA) is 89.3 Å². The second kappa shape index (κ2) is 5.62. The number of phenols is 1. The lowest BCUT2D eigenvalue weighted by Gasteiger charge is -2.03. The van der Waals surface area contributed by atoms with Crippen molar-refractivity contribution in [2.24, 2.45) is 5.73 Å². The maximum Gasteiger partial charge on any atom is 0.166 e. The number of phenolic OH excluding ortho intramolecular Hbond substituents is 1. The highest BCUT2D eigenvalue weighted by atomic mass is 79.9. The summed E-state index contributed by atoms with van der Waals surface area (Å²) >= 11 is 0. The van der Waals surface area contributed by atoms with Gasteiger partial charge >= 0.3 is 0 Å². The molecule has 14 heavy (non-hydrogen) atoms. The van der Waals surface area contributed by atoms with Gasteiger partial charge in [0.25, 0.3) is 0 Å². The minimum Gasteiger partial charge on any atom is -0.508 e. The highest BCUT2D eigenvalue weighted by Gasteiger charge is 2.08. The van der Waals surface area contributed by atoms with E-state index in [1.807, 2.05) is 0 Å². The molecule has 5 heteroatoms. The van der Waals surface area contributed by atoms with E-state index in [1.54, 1.807) is 0 Å². The van der Waals surface area contributed by atoms with Crippen LogP contribution in [-0.2, 0) is 0 Å². The van der Waals surface area contributed by atoms with E-state index in [0.29, 0.717) is 11.3 Å². The van der Waals surface area contributed by atoms with Gasteiger partial charge in [0, 0.05) is 17.7 Å². The van der Waals surface area contributed by atoms with Gasteiger partial charge in [0.1, 0.15) is 5.75 Å². The molecule has 0 aliphatic heterocycles. The quantitative estimate of drug-likeness (QED) is 0.431. The Labute approximate surface area is 92.7 Å². The summed E-state index contributed by atoms with van der Waals surface area (Å²) in [5, 5.41) is 9.12. The van der Waals surface area contributed by atoms with E-state index in [1.165, 1.54) is 18.2 Å². The Morgan fingerprint density at radius 3 is 2.64 bits per heavy atom. The molecule has 0 aliphatic carbocycles. The molecule has 0 amide bonds. The van der Waals surface area contributed by atoms with Crippen LogP contribution in [0.4, 0.5) is 5.69 Å². The number of halogens is 1. The van der Waals surface area contributed by atoms with Crippen molar-refractivity contribution in [2.45, 2.75) is 6.42 Å². The number of carbonyl (C=O) groups excluding carboxylic acids is 1. The van der Waals surface area contributed by atoms with Gasteiger partial charge in [-0.25, -0.2) is 0 Å². The molecule has 4 nitrogen and oxygen atoms in total. The van der Waals surface area contributed by atoms with Gasteiger partial charge in [0.15, 0.2) is 5.78 Å². The fourth-order valence-electron chi connectivity index (χ4n) is 1.05. The first-order valence-electron chi connectivity index (χ1n) is 3.97. The SMILES string of the molecule is Br.NCCC(=O)c1cc(O)ccc1N. The van der Waals surface area contributed by atoms with Crippen molar-refractivity contribution < 1.29 is 9.90 Å².